The summed E-state index contributed by atoms with van der Waals surface area (Å²) in [6.07, 6.45) is 3.32. The van der Waals surface area contributed by atoms with E-state index in [4.69, 9.17) is 0 Å². The molecule has 2 aliphatic rings. The molecule has 2 fully saturated rings. The number of carbonyl (C=O) groups excluding carboxylic acids is 2. The molecule has 0 bridgehead atoms. The molecule has 1 aromatic rings. The Balaban J connectivity index is 1.93. The van der Waals surface area contributed by atoms with Crippen molar-refractivity contribution in [2.24, 2.45) is 0 Å². The highest BCUT2D eigenvalue weighted by molar-refractivity contribution is 6.09. The lowest BCUT2D eigenvalue weighted by atomic mass is 10.1. The third-order valence-electron chi connectivity index (χ3n) is 2.59. The second-order valence-corrected chi connectivity index (χ2v) is 3.37. The lowest BCUT2D eigenvalue weighted by Crippen LogP contribution is -2.28. The maximum atomic E-state index is 11.2. The Morgan fingerprint density at radius 2 is 1.93 bits per heavy atom. The van der Waals surface area contributed by atoms with Gasteiger partial charge in [-0.1, -0.05) is 0 Å². The lowest BCUT2D eigenvalue weighted by Gasteiger charge is -2.01. The normalized spacial score (nSPS) is 28.7. The number of pyridine rings is 1. The van der Waals surface area contributed by atoms with Gasteiger partial charge in [-0.3, -0.25) is 15.1 Å². The van der Waals surface area contributed by atoms with E-state index in [1.165, 1.54) is 4.90 Å². The van der Waals surface area contributed by atoms with Gasteiger partial charge in [0.2, 0.25) is 0 Å². The van der Waals surface area contributed by atoms with Crippen LogP contribution in [0.5, 0.6) is 0 Å². The molecule has 1 N–H and O–H groups in total. The van der Waals surface area contributed by atoms with E-state index >= 15 is 0 Å². The van der Waals surface area contributed by atoms with Crippen LogP contribution >= 0.6 is 0 Å². The third kappa shape index (κ3) is 0.810. The first-order valence-electron chi connectivity index (χ1n) is 4.32. The van der Waals surface area contributed by atoms with Crippen molar-refractivity contribution in [3.05, 3.63) is 30.1 Å². The monoisotopic (exact) mass is 189 g/mol. The largest absolute Gasteiger partial charge is 0.325 e. The number of hydrogen-bond donors (Lipinski definition) is 1. The molecule has 1 aromatic heterocycles. The van der Waals surface area contributed by atoms with Crippen LogP contribution in [0.15, 0.2) is 24.5 Å². The summed E-state index contributed by atoms with van der Waals surface area (Å²) in [5, 5.41) is 2.25. The fraction of sp³-hybridized carbons (Fsp3) is 0.222. The molecule has 0 aromatic carbocycles. The van der Waals surface area contributed by atoms with Gasteiger partial charge in [0, 0.05) is 12.4 Å². The summed E-state index contributed by atoms with van der Waals surface area (Å²) in [4.78, 5) is 27.8. The standard InChI is InChI=1S/C9H7N3O2/c13-8-7-6(12(7)9(14)11-8)5-1-3-10-4-2-5/h1-4,6-7H,(H,11,13,14). The summed E-state index contributed by atoms with van der Waals surface area (Å²) in [6, 6.07) is 3.00. The van der Waals surface area contributed by atoms with Crippen LogP contribution in [0.2, 0.25) is 0 Å². The van der Waals surface area contributed by atoms with Gasteiger partial charge in [-0.2, -0.15) is 0 Å². The van der Waals surface area contributed by atoms with Gasteiger partial charge in [0.05, 0.1) is 6.04 Å². The summed E-state index contributed by atoms with van der Waals surface area (Å²) < 4.78 is 0. The van der Waals surface area contributed by atoms with Gasteiger partial charge in [-0.05, 0) is 17.7 Å². The average molecular weight is 189 g/mol. The molecular weight excluding hydrogens is 182 g/mol. The van der Waals surface area contributed by atoms with Crippen molar-refractivity contribution < 1.29 is 9.59 Å². The molecule has 5 nitrogen and oxygen atoms in total. The van der Waals surface area contributed by atoms with E-state index in [0.29, 0.717) is 0 Å². The van der Waals surface area contributed by atoms with Gasteiger partial charge < -0.3 is 4.90 Å². The van der Waals surface area contributed by atoms with Crippen molar-refractivity contribution in [1.29, 1.82) is 0 Å². The summed E-state index contributed by atoms with van der Waals surface area (Å²) in [7, 11) is 0. The Kier molecular flexibility index (Phi) is 1.24. The minimum atomic E-state index is -0.290. The summed E-state index contributed by atoms with van der Waals surface area (Å²) in [5.74, 6) is -0.197. The highest BCUT2D eigenvalue weighted by atomic mass is 16.2. The topological polar surface area (TPSA) is 62.1 Å². The Morgan fingerprint density at radius 3 is 2.50 bits per heavy atom. The van der Waals surface area contributed by atoms with Crippen molar-refractivity contribution in [3.63, 3.8) is 0 Å². The van der Waals surface area contributed by atoms with E-state index in [1.54, 1.807) is 12.4 Å². The van der Waals surface area contributed by atoms with Gasteiger partial charge in [0.15, 0.2) is 0 Å². The predicted molar refractivity (Wildman–Crippen MR) is 46.1 cm³/mol. The van der Waals surface area contributed by atoms with Crippen molar-refractivity contribution in [3.8, 4) is 0 Å². The van der Waals surface area contributed by atoms with E-state index in [9.17, 15) is 9.59 Å². The van der Waals surface area contributed by atoms with Crippen LogP contribution in [0.1, 0.15) is 11.6 Å². The Morgan fingerprint density at radius 1 is 1.21 bits per heavy atom. The highest BCUT2D eigenvalue weighted by Crippen LogP contribution is 2.45. The van der Waals surface area contributed by atoms with Crippen molar-refractivity contribution >= 4 is 11.9 Å². The maximum absolute atomic E-state index is 11.2. The summed E-state index contributed by atoms with van der Waals surface area (Å²) in [5.41, 5.74) is 0.966. The van der Waals surface area contributed by atoms with Gasteiger partial charge in [0.25, 0.3) is 5.91 Å². The number of imide groups is 1. The zero-order valence-corrected chi connectivity index (χ0v) is 7.18. The van der Waals surface area contributed by atoms with Crippen molar-refractivity contribution in [1.82, 2.24) is 15.2 Å². The lowest BCUT2D eigenvalue weighted by molar-refractivity contribution is -0.118. The summed E-state index contributed by atoms with van der Waals surface area (Å²) >= 11 is 0. The van der Waals surface area contributed by atoms with E-state index < -0.39 is 0 Å². The molecule has 3 heterocycles. The molecule has 2 atom stereocenters. The number of carbonyl (C=O) groups is 2. The molecule has 3 amide bonds. The quantitative estimate of drug-likeness (QED) is 0.501. The van der Waals surface area contributed by atoms with E-state index in [-0.39, 0.29) is 24.0 Å². The number of aromatic nitrogens is 1. The summed E-state index contributed by atoms with van der Waals surface area (Å²) in [6.45, 7) is 0. The van der Waals surface area contributed by atoms with Crippen molar-refractivity contribution in [2.75, 3.05) is 0 Å². The molecule has 2 aliphatic heterocycles. The average Bonchev–Trinajstić information content (AvgIpc) is 2.87. The number of amides is 3. The van der Waals surface area contributed by atoms with Crippen LogP contribution in [0, 0.1) is 0 Å². The number of rotatable bonds is 1. The molecule has 5 heteroatoms. The molecule has 70 valence electrons. The van der Waals surface area contributed by atoms with Crippen LogP contribution in [0.4, 0.5) is 4.79 Å². The highest BCUT2D eigenvalue weighted by Gasteiger charge is 2.61. The third-order valence-corrected chi connectivity index (χ3v) is 2.59. The Hall–Kier alpha value is -1.91. The molecule has 2 saturated heterocycles. The second-order valence-electron chi connectivity index (χ2n) is 3.37. The molecule has 0 saturated carbocycles. The Labute approximate surface area is 79.7 Å². The molecule has 0 spiro atoms. The van der Waals surface area contributed by atoms with Gasteiger partial charge >= 0.3 is 6.03 Å². The van der Waals surface area contributed by atoms with Crippen LogP contribution in [0.25, 0.3) is 0 Å². The zero-order chi connectivity index (χ0) is 9.71. The molecular formula is C9H7N3O2. The Bertz CT molecular complexity index is 397. The first kappa shape index (κ1) is 7.49. The van der Waals surface area contributed by atoms with Crippen LogP contribution < -0.4 is 5.32 Å². The molecule has 14 heavy (non-hydrogen) atoms. The van der Waals surface area contributed by atoms with Gasteiger partial charge in [-0.25, -0.2) is 4.79 Å². The first-order valence-corrected chi connectivity index (χ1v) is 4.32. The first-order chi connectivity index (χ1) is 6.79. The molecule has 0 radical (unpaired) electrons. The number of fused-ring (bicyclic) bond motifs is 1. The molecule has 3 rings (SSSR count). The number of nitrogens with zero attached hydrogens (tertiary/aromatic N) is 2. The number of hydrogen-bond acceptors (Lipinski definition) is 3. The van der Waals surface area contributed by atoms with Crippen molar-refractivity contribution in [2.45, 2.75) is 12.1 Å². The number of urea groups is 1. The smallest absolute Gasteiger partial charge is 0.300 e. The van der Waals surface area contributed by atoms with E-state index in [2.05, 4.69) is 10.3 Å². The SMILES string of the molecule is O=C1NC(=O)N2C1C2c1ccncc1. The van der Waals surface area contributed by atoms with E-state index in [1.807, 2.05) is 12.1 Å². The van der Waals surface area contributed by atoms with Gasteiger partial charge in [-0.15, -0.1) is 0 Å². The molecule has 0 aliphatic carbocycles. The fourth-order valence-corrected chi connectivity index (χ4v) is 1.90. The number of nitrogens with one attached hydrogen (secondary N) is 1. The van der Waals surface area contributed by atoms with Crippen LogP contribution in [-0.2, 0) is 4.79 Å². The second kappa shape index (κ2) is 2.31. The minimum absolute atomic E-state index is 0.0701. The molecule has 2 unspecified atom stereocenters. The van der Waals surface area contributed by atoms with Gasteiger partial charge in [0.1, 0.15) is 6.04 Å². The maximum Gasteiger partial charge on any atom is 0.325 e. The zero-order valence-electron chi connectivity index (χ0n) is 7.18. The minimum Gasteiger partial charge on any atom is -0.300 e. The van der Waals surface area contributed by atoms with Crippen LogP contribution in [-0.4, -0.2) is 27.9 Å². The van der Waals surface area contributed by atoms with Crippen LogP contribution in [0.3, 0.4) is 0 Å². The van der Waals surface area contributed by atoms with E-state index in [0.717, 1.165) is 5.56 Å². The predicted octanol–water partition coefficient (Wildman–Crippen LogP) is 0.0567. The fourth-order valence-electron chi connectivity index (χ4n) is 1.90.